The zero-order valence-corrected chi connectivity index (χ0v) is 16.7. The third kappa shape index (κ3) is 4.99. The van der Waals surface area contributed by atoms with Gasteiger partial charge in [-0.25, -0.2) is 13.8 Å². The first-order chi connectivity index (χ1) is 15.0. The van der Waals surface area contributed by atoms with Crippen molar-refractivity contribution in [1.29, 1.82) is 0 Å². The van der Waals surface area contributed by atoms with Crippen LogP contribution in [0.3, 0.4) is 0 Å². The Balaban J connectivity index is 1.54. The highest BCUT2D eigenvalue weighted by molar-refractivity contribution is 7.10. The fourth-order valence-corrected chi connectivity index (χ4v) is 3.50. The monoisotopic (exact) mass is 436 g/mol. The topological polar surface area (TPSA) is 65.3 Å². The Kier molecular flexibility index (Phi) is 5.81. The summed E-state index contributed by atoms with van der Waals surface area (Å²) in [6.45, 7) is 0. The van der Waals surface area contributed by atoms with Gasteiger partial charge in [-0.2, -0.15) is 0 Å². The Morgan fingerprint density at radius 1 is 0.935 bits per heavy atom. The second-order valence-corrected chi connectivity index (χ2v) is 7.34. The van der Waals surface area contributed by atoms with Crippen molar-refractivity contribution in [3.8, 4) is 22.8 Å². The van der Waals surface area contributed by atoms with Crippen molar-refractivity contribution < 1.29 is 18.4 Å². The Morgan fingerprint density at radius 2 is 1.61 bits per heavy atom. The van der Waals surface area contributed by atoms with E-state index < -0.39 is 10.7 Å². The van der Waals surface area contributed by atoms with Gasteiger partial charge in [-0.1, -0.05) is 12.1 Å². The molecule has 0 N–H and O–H groups in total. The molecule has 0 fully saturated rings. The van der Waals surface area contributed by atoms with Gasteiger partial charge >= 0.3 is 5.69 Å². The first-order valence-electron chi connectivity index (χ1n) is 9.09. The highest BCUT2D eigenvalue weighted by Gasteiger charge is 2.16. The largest absolute Gasteiger partial charge is 0.450 e. The molecule has 31 heavy (non-hydrogen) atoms. The number of nitrogens with zero attached hydrogens (tertiary/aromatic N) is 2. The van der Waals surface area contributed by atoms with Crippen LogP contribution in [-0.4, -0.2) is 9.91 Å². The molecule has 8 heteroatoms. The van der Waals surface area contributed by atoms with E-state index in [-0.39, 0.29) is 17.3 Å². The van der Waals surface area contributed by atoms with Gasteiger partial charge in [0.1, 0.15) is 22.4 Å². The predicted octanol–water partition coefficient (Wildman–Crippen LogP) is 6.96. The number of hydrogen-bond acceptors (Lipinski definition) is 5. The maximum atomic E-state index is 13.1. The molecule has 154 valence electrons. The summed E-state index contributed by atoms with van der Waals surface area (Å²) in [4.78, 5) is 15.4. The van der Waals surface area contributed by atoms with Gasteiger partial charge in [-0.05, 0) is 66.2 Å². The van der Waals surface area contributed by atoms with Crippen molar-refractivity contribution in [2.24, 2.45) is 0 Å². The van der Waals surface area contributed by atoms with Gasteiger partial charge in [0.15, 0.2) is 0 Å². The van der Waals surface area contributed by atoms with Gasteiger partial charge in [-0.15, -0.1) is 11.3 Å². The summed E-state index contributed by atoms with van der Waals surface area (Å²) < 4.78 is 31.6. The van der Waals surface area contributed by atoms with E-state index in [1.54, 1.807) is 30.4 Å². The number of ether oxygens (including phenoxy) is 1. The van der Waals surface area contributed by atoms with E-state index in [4.69, 9.17) is 4.74 Å². The minimum absolute atomic E-state index is 0.0570. The van der Waals surface area contributed by atoms with E-state index in [1.165, 1.54) is 59.9 Å². The predicted molar refractivity (Wildman–Crippen MR) is 116 cm³/mol. The van der Waals surface area contributed by atoms with Crippen LogP contribution in [0.1, 0.15) is 10.6 Å². The highest BCUT2D eigenvalue weighted by Crippen LogP contribution is 2.33. The number of aromatic nitrogens is 1. The van der Waals surface area contributed by atoms with Crippen LogP contribution in [0.5, 0.6) is 11.5 Å². The molecule has 3 aromatic carbocycles. The van der Waals surface area contributed by atoms with Crippen LogP contribution < -0.4 is 4.74 Å². The lowest BCUT2D eigenvalue weighted by Gasteiger charge is -2.07. The van der Waals surface area contributed by atoms with Crippen LogP contribution in [0.2, 0.25) is 0 Å². The van der Waals surface area contributed by atoms with Crippen molar-refractivity contribution in [3.63, 3.8) is 0 Å². The summed E-state index contributed by atoms with van der Waals surface area (Å²) in [7, 11) is 0. The van der Waals surface area contributed by atoms with E-state index >= 15 is 0 Å². The molecular formula is C23H14F2N2O3S. The third-order valence-electron chi connectivity index (χ3n) is 4.30. The maximum absolute atomic E-state index is 13.1. The van der Waals surface area contributed by atoms with E-state index in [0.29, 0.717) is 16.3 Å². The molecule has 0 unspecified atom stereocenters. The fourth-order valence-electron chi connectivity index (χ4n) is 2.78. The SMILES string of the molecule is O=[N+]([O-])c1cc(C=Cc2nc(-c3ccc(F)cc3)cs2)ccc1Oc1ccc(F)cc1. The molecule has 0 aliphatic rings. The van der Waals surface area contributed by atoms with Gasteiger partial charge in [0.2, 0.25) is 5.75 Å². The number of hydrogen-bond donors (Lipinski definition) is 0. The van der Waals surface area contributed by atoms with Crippen LogP contribution in [0.15, 0.2) is 72.1 Å². The molecule has 4 aromatic rings. The Bertz CT molecular complexity index is 1250. The Morgan fingerprint density at radius 3 is 2.29 bits per heavy atom. The van der Waals surface area contributed by atoms with E-state index in [2.05, 4.69) is 4.98 Å². The summed E-state index contributed by atoms with van der Waals surface area (Å²) in [5.74, 6) is -0.384. The molecule has 0 atom stereocenters. The second-order valence-electron chi connectivity index (χ2n) is 6.45. The van der Waals surface area contributed by atoms with Crippen molar-refractivity contribution in [2.45, 2.75) is 0 Å². The number of benzene rings is 3. The summed E-state index contributed by atoms with van der Waals surface area (Å²) in [5, 5.41) is 14.0. The molecule has 0 aliphatic carbocycles. The summed E-state index contributed by atoms with van der Waals surface area (Å²) in [6.07, 6.45) is 3.46. The first kappa shape index (κ1) is 20.4. The molecule has 0 amide bonds. The van der Waals surface area contributed by atoms with Crippen LogP contribution in [0, 0.1) is 21.7 Å². The molecule has 0 aliphatic heterocycles. The molecule has 0 saturated heterocycles. The molecule has 4 rings (SSSR count). The van der Waals surface area contributed by atoms with Crippen LogP contribution in [0.25, 0.3) is 23.4 Å². The maximum Gasteiger partial charge on any atom is 0.312 e. The van der Waals surface area contributed by atoms with Crippen LogP contribution in [-0.2, 0) is 0 Å². The molecule has 1 aromatic heterocycles. The fraction of sp³-hybridized carbons (Fsp3) is 0. The number of rotatable bonds is 6. The van der Waals surface area contributed by atoms with Gasteiger partial charge in [-0.3, -0.25) is 10.1 Å². The van der Waals surface area contributed by atoms with Gasteiger partial charge in [0.05, 0.1) is 10.6 Å². The van der Waals surface area contributed by atoms with Crippen molar-refractivity contribution in [3.05, 3.63) is 104 Å². The van der Waals surface area contributed by atoms with E-state index in [9.17, 15) is 18.9 Å². The van der Waals surface area contributed by atoms with Crippen molar-refractivity contribution in [1.82, 2.24) is 4.98 Å². The number of nitro benzene ring substituents is 1. The molecular weight excluding hydrogens is 422 g/mol. The van der Waals surface area contributed by atoms with Gasteiger partial charge < -0.3 is 4.74 Å². The molecule has 0 saturated carbocycles. The smallest absolute Gasteiger partial charge is 0.312 e. The minimum Gasteiger partial charge on any atom is -0.450 e. The van der Waals surface area contributed by atoms with Crippen LogP contribution in [0.4, 0.5) is 14.5 Å². The normalized spacial score (nSPS) is 11.0. The quantitative estimate of drug-likeness (QED) is 0.242. The third-order valence-corrected chi connectivity index (χ3v) is 5.11. The molecule has 0 radical (unpaired) electrons. The Labute approximate surface area is 180 Å². The lowest BCUT2D eigenvalue weighted by molar-refractivity contribution is -0.385. The molecule has 5 nitrogen and oxygen atoms in total. The molecule has 1 heterocycles. The van der Waals surface area contributed by atoms with E-state index in [1.807, 2.05) is 5.38 Å². The summed E-state index contributed by atoms with van der Waals surface area (Å²) in [6, 6.07) is 15.8. The first-order valence-corrected chi connectivity index (χ1v) is 9.97. The summed E-state index contributed by atoms with van der Waals surface area (Å²) in [5.41, 5.74) is 1.91. The number of halogens is 2. The lowest BCUT2D eigenvalue weighted by Crippen LogP contribution is -1.94. The average molecular weight is 436 g/mol. The van der Waals surface area contributed by atoms with Crippen LogP contribution >= 0.6 is 11.3 Å². The van der Waals surface area contributed by atoms with Crippen molar-refractivity contribution in [2.75, 3.05) is 0 Å². The van der Waals surface area contributed by atoms with Gasteiger partial charge in [0.25, 0.3) is 0 Å². The minimum atomic E-state index is -0.535. The average Bonchev–Trinajstić information content (AvgIpc) is 3.24. The zero-order chi connectivity index (χ0) is 21.8. The highest BCUT2D eigenvalue weighted by atomic mass is 32.1. The lowest BCUT2D eigenvalue weighted by atomic mass is 10.1. The Hall–Kier alpha value is -3.91. The summed E-state index contributed by atoms with van der Waals surface area (Å²) >= 11 is 1.40. The van der Waals surface area contributed by atoms with Gasteiger partial charge in [0, 0.05) is 17.0 Å². The van der Waals surface area contributed by atoms with Crippen molar-refractivity contribution >= 4 is 29.2 Å². The molecule has 0 spiro atoms. The molecule has 0 bridgehead atoms. The van der Waals surface area contributed by atoms with E-state index in [0.717, 1.165) is 11.3 Å². The number of nitro groups is 1. The second kappa shape index (κ2) is 8.85. The zero-order valence-electron chi connectivity index (χ0n) is 15.9. The standard InChI is InChI=1S/C23H14F2N2O3S/c24-17-5-3-16(4-6-17)20-14-31-23(26-20)12-2-15-1-11-22(21(13-15)27(28)29)30-19-9-7-18(25)8-10-19/h1-14H. The number of thiazole rings is 1.